The van der Waals surface area contributed by atoms with Gasteiger partial charge >= 0.3 is 0 Å². The minimum Gasteiger partial charge on any atom is -0.321 e. The Hall–Kier alpha value is -0.240. The number of rotatable bonds is 5. The van der Waals surface area contributed by atoms with E-state index in [-0.39, 0.29) is 22.2 Å². The van der Waals surface area contributed by atoms with Crippen LogP contribution in [0, 0.1) is 0 Å². The highest BCUT2D eigenvalue weighted by Gasteiger charge is 2.52. The summed E-state index contributed by atoms with van der Waals surface area (Å²) in [5.41, 5.74) is -0.856. The van der Waals surface area contributed by atoms with Crippen LogP contribution >= 0.6 is 0 Å². The maximum atomic E-state index is 10.7. The molecule has 2 aliphatic heterocycles. The summed E-state index contributed by atoms with van der Waals surface area (Å²) in [6.07, 6.45) is 3.99. The number of nitrogens with zero attached hydrogens (tertiary/aromatic N) is 4. The molecule has 2 heterocycles. The summed E-state index contributed by atoms with van der Waals surface area (Å²) >= 11 is 0. The van der Waals surface area contributed by atoms with Gasteiger partial charge in [0.15, 0.2) is 0 Å². The Labute approximate surface area is 186 Å². The molecule has 2 fully saturated rings. The normalized spacial score (nSPS) is 28.6. The Kier molecular flexibility index (Phi) is 6.65. The fraction of sp³-hybridized carbons (Fsp3) is 1.00. The lowest BCUT2D eigenvalue weighted by Crippen LogP contribution is -2.69. The zero-order valence-corrected chi connectivity index (χ0v) is 22.1. The van der Waals surface area contributed by atoms with Gasteiger partial charge in [-0.05, 0) is 55.4 Å². The molecule has 0 aliphatic carbocycles. The van der Waals surface area contributed by atoms with E-state index < -0.39 is 0 Å². The van der Waals surface area contributed by atoms with Crippen molar-refractivity contribution in [3.05, 3.63) is 0 Å². The van der Waals surface area contributed by atoms with Gasteiger partial charge in [0.05, 0.1) is 40.3 Å². The summed E-state index contributed by atoms with van der Waals surface area (Å²) < 4.78 is 1.96. The van der Waals surface area contributed by atoms with Crippen LogP contribution in [0.4, 0.5) is 0 Å². The summed E-state index contributed by atoms with van der Waals surface area (Å²) in [5.74, 6) is 0. The number of hydrogen-bond donors (Lipinski definition) is 2. The molecule has 0 spiro atoms. The highest BCUT2D eigenvalue weighted by Crippen LogP contribution is 2.42. The second-order valence-electron chi connectivity index (χ2n) is 14.0. The van der Waals surface area contributed by atoms with Crippen LogP contribution in [-0.4, -0.2) is 105 Å². The van der Waals surface area contributed by atoms with Crippen LogP contribution in [0.3, 0.4) is 0 Å². The van der Waals surface area contributed by atoms with Gasteiger partial charge in [0.1, 0.15) is 13.1 Å². The van der Waals surface area contributed by atoms with Crippen molar-refractivity contribution in [3.63, 3.8) is 0 Å². The summed E-state index contributed by atoms with van der Waals surface area (Å²) in [4.78, 5) is 0. The maximum absolute atomic E-state index is 10.7. The first-order chi connectivity index (χ1) is 13.1. The number of hydroxylamine groups is 4. The van der Waals surface area contributed by atoms with E-state index in [1.807, 2.05) is 0 Å². The molecule has 0 bridgehead atoms. The molecule has 0 radical (unpaired) electrons. The topological polar surface area (TPSA) is 46.9 Å². The van der Waals surface area contributed by atoms with Crippen molar-refractivity contribution >= 4 is 0 Å². The Morgan fingerprint density at radius 1 is 0.567 bits per heavy atom. The van der Waals surface area contributed by atoms with Crippen LogP contribution in [0.25, 0.3) is 0 Å². The minimum atomic E-state index is -0.214. The zero-order chi connectivity index (χ0) is 23.6. The van der Waals surface area contributed by atoms with E-state index in [0.29, 0.717) is 12.1 Å². The average molecular weight is 429 g/mol. The summed E-state index contributed by atoms with van der Waals surface area (Å²) in [7, 11) is 9.48. The van der Waals surface area contributed by atoms with Crippen LogP contribution in [0.15, 0.2) is 0 Å². The lowest BCUT2D eigenvalue weighted by atomic mass is 9.77. The first-order valence-electron chi connectivity index (χ1n) is 11.8. The van der Waals surface area contributed by atoms with Crippen LogP contribution in [0.5, 0.6) is 0 Å². The number of hydrogen-bond acceptors (Lipinski definition) is 4. The average Bonchev–Trinajstić information content (AvgIpc) is 2.54. The molecule has 0 aromatic carbocycles. The third-order valence-electron chi connectivity index (χ3n) is 8.46. The first kappa shape index (κ1) is 26.0. The molecule has 2 rings (SSSR count). The first-order valence-corrected chi connectivity index (χ1v) is 11.8. The molecule has 0 aromatic heterocycles. The Morgan fingerprint density at radius 3 is 0.967 bits per heavy atom. The molecular formula is C24H52N4O2+2. The van der Waals surface area contributed by atoms with Crippen molar-refractivity contribution < 1.29 is 19.4 Å². The number of quaternary nitrogens is 2. The maximum Gasteiger partial charge on any atom is 0.128 e. The van der Waals surface area contributed by atoms with Crippen molar-refractivity contribution in [1.82, 2.24) is 10.1 Å². The van der Waals surface area contributed by atoms with Crippen LogP contribution in [-0.2, 0) is 0 Å². The molecule has 0 aromatic rings. The van der Waals surface area contributed by atoms with Gasteiger partial charge in [-0.2, -0.15) is 10.1 Å². The Bertz CT molecular complexity index is 535. The van der Waals surface area contributed by atoms with E-state index >= 15 is 0 Å². The predicted molar refractivity (Wildman–Crippen MR) is 124 cm³/mol. The summed E-state index contributed by atoms with van der Waals surface area (Å²) in [6, 6.07) is 1.04. The fourth-order valence-corrected chi connectivity index (χ4v) is 6.30. The number of likely N-dealkylation sites (N-methyl/N-ethyl adjacent to an activating group) is 2. The Morgan fingerprint density at radius 2 is 0.767 bits per heavy atom. The second-order valence-corrected chi connectivity index (χ2v) is 14.0. The number of piperidine rings is 2. The van der Waals surface area contributed by atoms with Crippen LogP contribution in [0.2, 0.25) is 0 Å². The lowest BCUT2D eigenvalue weighted by Gasteiger charge is -2.56. The molecule has 2 saturated heterocycles. The molecule has 2 N–H and O–H groups in total. The zero-order valence-electron chi connectivity index (χ0n) is 22.1. The molecule has 0 atom stereocenters. The monoisotopic (exact) mass is 428 g/mol. The van der Waals surface area contributed by atoms with Gasteiger partial charge in [-0.15, -0.1) is 0 Å². The van der Waals surface area contributed by atoms with Gasteiger partial charge in [0.25, 0.3) is 0 Å². The van der Waals surface area contributed by atoms with Gasteiger partial charge in [0, 0.05) is 47.8 Å². The fourth-order valence-electron chi connectivity index (χ4n) is 6.30. The van der Waals surface area contributed by atoms with Gasteiger partial charge in [0.2, 0.25) is 0 Å². The van der Waals surface area contributed by atoms with Crippen LogP contribution in [0.1, 0.15) is 81.1 Å². The molecule has 0 saturated carbocycles. The van der Waals surface area contributed by atoms with Crippen LogP contribution < -0.4 is 0 Å². The van der Waals surface area contributed by atoms with Gasteiger partial charge in [-0.25, -0.2) is 0 Å². The molecule has 6 heteroatoms. The minimum absolute atomic E-state index is 0.214. The molecule has 6 nitrogen and oxygen atoms in total. The molecule has 2 aliphatic rings. The van der Waals surface area contributed by atoms with E-state index in [9.17, 15) is 10.4 Å². The van der Waals surface area contributed by atoms with Crippen molar-refractivity contribution in [2.45, 2.75) is 115 Å². The third-order valence-corrected chi connectivity index (χ3v) is 8.46. The van der Waals surface area contributed by atoms with Gasteiger partial charge < -0.3 is 19.4 Å². The van der Waals surface area contributed by atoms with E-state index in [0.717, 1.165) is 47.7 Å². The molecule has 0 amide bonds. The quantitative estimate of drug-likeness (QED) is 0.651. The van der Waals surface area contributed by atoms with Crippen molar-refractivity contribution in [1.29, 1.82) is 0 Å². The van der Waals surface area contributed by atoms with Gasteiger partial charge in [-0.3, -0.25) is 0 Å². The highest BCUT2D eigenvalue weighted by atomic mass is 16.5. The Balaban J connectivity index is 2.13. The molecular weight excluding hydrogens is 376 g/mol. The molecule has 30 heavy (non-hydrogen) atoms. The molecule has 0 unspecified atom stereocenters. The SMILES string of the molecule is CC1(C)CC([N+](C)(C)CC[N+](C)(C)C2CC(C)(C)N(O)C(C)(C)C2)CC(C)(C)N1O. The van der Waals surface area contributed by atoms with Crippen molar-refractivity contribution in [3.8, 4) is 0 Å². The standard InChI is InChI=1S/C24H52N4O2/c1-21(2)15-19(16-22(3,4)25(21)29)27(9,10)13-14-28(11,12)20-17-23(5,6)26(30)24(7,8)18-20/h19-20,29-30H,13-18H2,1-12H3/q+2. The smallest absolute Gasteiger partial charge is 0.128 e. The van der Waals surface area contributed by atoms with Crippen molar-refractivity contribution in [2.24, 2.45) is 0 Å². The van der Waals surface area contributed by atoms with E-state index in [1.54, 1.807) is 10.1 Å². The second kappa shape index (κ2) is 7.67. The summed E-state index contributed by atoms with van der Waals surface area (Å²) in [5, 5.41) is 24.6. The predicted octanol–water partition coefficient (Wildman–Crippen LogP) is 3.96. The van der Waals surface area contributed by atoms with E-state index in [2.05, 4.69) is 83.6 Å². The van der Waals surface area contributed by atoms with E-state index in [1.165, 1.54) is 0 Å². The largest absolute Gasteiger partial charge is 0.321 e. The van der Waals surface area contributed by atoms with Gasteiger partial charge in [-0.1, -0.05) is 0 Å². The molecule has 178 valence electrons. The third kappa shape index (κ3) is 5.05. The summed E-state index contributed by atoms with van der Waals surface area (Å²) in [6.45, 7) is 19.5. The lowest BCUT2D eigenvalue weighted by molar-refractivity contribution is -0.971. The van der Waals surface area contributed by atoms with Crippen molar-refractivity contribution in [2.75, 3.05) is 41.3 Å². The van der Waals surface area contributed by atoms with E-state index in [4.69, 9.17) is 0 Å². The highest BCUT2D eigenvalue weighted by molar-refractivity contribution is 4.98.